The van der Waals surface area contributed by atoms with E-state index in [2.05, 4.69) is 4.90 Å². The summed E-state index contributed by atoms with van der Waals surface area (Å²) in [5.74, 6) is 1.63. The maximum atomic E-state index is 11.7. The summed E-state index contributed by atoms with van der Waals surface area (Å²) < 4.78 is 10.4. The minimum absolute atomic E-state index is 0.111. The number of hydrogen-bond acceptors (Lipinski definition) is 4. The Morgan fingerprint density at radius 1 is 1.50 bits per heavy atom. The van der Waals surface area contributed by atoms with Crippen LogP contribution in [0.2, 0.25) is 0 Å². The van der Waals surface area contributed by atoms with Gasteiger partial charge in [0.1, 0.15) is 11.5 Å². The molecular formula is C12H17NO3. The number of esters is 1. The molecule has 16 heavy (non-hydrogen) atoms. The van der Waals surface area contributed by atoms with Gasteiger partial charge in [-0.2, -0.15) is 0 Å². The van der Waals surface area contributed by atoms with Crippen molar-refractivity contribution in [3.05, 3.63) is 23.7 Å². The van der Waals surface area contributed by atoms with E-state index in [-0.39, 0.29) is 17.8 Å². The highest BCUT2D eigenvalue weighted by Gasteiger charge is 2.39. The molecule has 1 aliphatic rings. The number of aryl methyl sites for hydroxylation is 1. The quantitative estimate of drug-likeness (QED) is 0.711. The van der Waals surface area contributed by atoms with Crippen molar-refractivity contribution in [3.8, 4) is 0 Å². The number of likely N-dealkylation sites (tertiary alicyclic amines) is 1. The van der Waals surface area contributed by atoms with Crippen LogP contribution in [0.4, 0.5) is 0 Å². The van der Waals surface area contributed by atoms with Gasteiger partial charge < -0.3 is 14.1 Å². The minimum Gasteiger partial charge on any atom is -0.469 e. The van der Waals surface area contributed by atoms with Gasteiger partial charge in [0, 0.05) is 19.0 Å². The molecule has 88 valence electrons. The van der Waals surface area contributed by atoms with Crippen LogP contribution in [0.3, 0.4) is 0 Å². The van der Waals surface area contributed by atoms with E-state index in [4.69, 9.17) is 9.15 Å². The number of methoxy groups -OCH3 is 1. The molecule has 0 spiro atoms. The molecule has 2 rings (SSSR count). The first-order valence-corrected chi connectivity index (χ1v) is 5.44. The SMILES string of the molecule is COC(=O)[C@@H]1CN(C)C[C@@H]1c1ccc(C)o1. The van der Waals surface area contributed by atoms with Gasteiger partial charge in [-0.25, -0.2) is 0 Å². The first-order chi connectivity index (χ1) is 7.61. The van der Waals surface area contributed by atoms with Crippen LogP contribution in [0.1, 0.15) is 17.4 Å². The number of rotatable bonds is 2. The second-order valence-corrected chi connectivity index (χ2v) is 4.41. The predicted octanol–water partition coefficient (Wildman–Crippen LogP) is 1.41. The van der Waals surface area contributed by atoms with Crippen molar-refractivity contribution < 1.29 is 13.9 Å². The van der Waals surface area contributed by atoms with Crippen molar-refractivity contribution in [2.24, 2.45) is 5.92 Å². The molecule has 1 aromatic heterocycles. The van der Waals surface area contributed by atoms with E-state index in [0.717, 1.165) is 24.6 Å². The number of ether oxygens (including phenoxy) is 1. The fourth-order valence-electron chi connectivity index (χ4n) is 2.33. The largest absolute Gasteiger partial charge is 0.469 e. The van der Waals surface area contributed by atoms with E-state index < -0.39 is 0 Å². The van der Waals surface area contributed by atoms with Crippen molar-refractivity contribution in [3.63, 3.8) is 0 Å². The molecule has 0 aliphatic carbocycles. The lowest BCUT2D eigenvalue weighted by Gasteiger charge is -2.13. The highest BCUT2D eigenvalue weighted by molar-refractivity contribution is 5.74. The molecule has 1 fully saturated rings. The number of carbonyl (C=O) groups is 1. The second kappa shape index (κ2) is 4.29. The summed E-state index contributed by atoms with van der Waals surface area (Å²) >= 11 is 0. The van der Waals surface area contributed by atoms with Crippen molar-refractivity contribution in [2.45, 2.75) is 12.8 Å². The van der Waals surface area contributed by atoms with Crippen LogP contribution in [0.25, 0.3) is 0 Å². The van der Waals surface area contributed by atoms with Gasteiger partial charge in [-0.15, -0.1) is 0 Å². The number of hydrogen-bond donors (Lipinski definition) is 0. The second-order valence-electron chi connectivity index (χ2n) is 4.41. The fourth-order valence-corrected chi connectivity index (χ4v) is 2.33. The van der Waals surface area contributed by atoms with Crippen LogP contribution in [-0.4, -0.2) is 38.1 Å². The van der Waals surface area contributed by atoms with Gasteiger partial charge >= 0.3 is 5.97 Å². The molecule has 0 unspecified atom stereocenters. The summed E-state index contributed by atoms with van der Waals surface area (Å²) in [4.78, 5) is 13.8. The number of carbonyl (C=O) groups excluding carboxylic acids is 1. The average molecular weight is 223 g/mol. The summed E-state index contributed by atoms with van der Waals surface area (Å²) in [6.07, 6.45) is 0. The molecule has 4 nitrogen and oxygen atoms in total. The topological polar surface area (TPSA) is 42.7 Å². The van der Waals surface area contributed by atoms with E-state index in [0.29, 0.717) is 0 Å². The Hall–Kier alpha value is -1.29. The Balaban J connectivity index is 2.21. The van der Waals surface area contributed by atoms with E-state index >= 15 is 0 Å². The van der Waals surface area contributed by atoms with Crippen LogP contribution < -0.4 is 0 Å². The van der Waals surface area contributed by atoms with Crippen molar-refractivity contribution in [1.29, 1.82) is 0 Å². The maximum absolute atomic E-state index is 11.7. The van der Waals surface area contributed by atoms with Crippen LogP contribution in [-0.2, 0) is 9.53 Å². The van der Waals surface area contributed by atoms with Gasteiger partial charge in [-0.3, -0.25) is 4.79 Å². The Morgan fingerprint density at radius 2 is 2.25 bits per heavy atom. The van der Waals surface area contributed by atoms with Crippen LogP contribution >= 0.6 is 0 Å². The smallest absolute Gasteiger partial charge is 0.310 e. The minimum atomic E-state index is -0.150. The Bertz CT molecular complexity index is 385. The molecule has 0 amide bonds. The molecule has 0 saturated carbocycles. The van der Waals surface area contributed by atoms with Gasteiger partial charge in [0.2, 0.25) is 0 Å². The summed E-state index contributed by atoms with van der Waals surface area (Å²) in [5, 5.41) is 0. The molecule has 0 radical (unpaired) electrons. The molecule has 4 heteroatoms. The highest BCUT2D eigenvalue weighted by Crippen LogP contribution is 2.33. The van der Waals surface area contributed by atoms with Gasteiger partial charge in [0.05, 0.1) is 13.0 Å². The highest BCUT2D eigenvalue weighted by atomic mass is 16.5. The summed E-state index contributed by atoms with van der Waals surface area (Å²) in [6, 6.07) is 3.89. The normalized spacial score (nSPS) is 25.9. The zero-order valence-corrected chi connectivity index (χ0v) is 9.90. The van der Waals surface area contributed by atoms with Crippen molar-refractivity contribution >= 4 is 5.97 Å². The van der Waals surface area contributed by atoms with Crippen LogP contribution in [0.5, 0.6) is 0 Å². The van der Waals surface area contributed by atoms with Crippen LogP contribution in [0, 0.1) is 12.8 Å². The number of nitrogens with zero attached hydrogens (tertiary/aromatic N) is 1. The number of likely N-dealkylation sites (N-methyl/N-ethyl adjacent to an activating group) is 1. The van der Waals surface area contributed by atoms with Crippen LogP contribution in [0.15, 0.2) is 16.5 Å². The van der Waals surface area contributed by atoms with Gasteiger partial charge in [0.15, 0.2) is 0 Å². The van der Waals surface area contributed by atoms with Crippen molar-refractivity contribution in [1.82, 2.24) is 4.90 Å². The first kappa shape index (κ1) is 11.2. The fraction of sp³-hybridized carbons (Fsp3) is 0.583. The van der Waals surface area contributed by atoms with Gasteiger partial charge in [-0.1, -0.05) is 0 Å². The molecule has 2 atom stereocenters. The lowest BCUT2D eigenvalue weighted by atomic mass is 9.94. The van der Waals surface area contributed by atoms with E-state index in [1.165, 1.54) is 7.11 Å². The Morgan fingerprint density at radius 3 is 2.81 bits per heavy atom. The van der Waals surface area contributed by atoms with Gasteiger partial charge in [-0.05, 0) is 26.1 Å². The molecule has 1 aromatic rings. The van der Waals surface area contributed by atoms with Gasteiger partial charge in [0.25, 0.3) is 0 Å². The average Bonchev–Trinajstić information content (AvgIpc) is 2.83. The van der Waals surface area contributed by atoms with E-state index in [1.54, 1.807) is 0 Å². The lowest BCUT2D eigenvalue weighted by Crippen LogP contribution is -2.23. The van der Waals surface area contributed by atoms with E-state index in [9.17, 15) is 4.79 Å². The molecule has 0 bridgehead atoms. The Kier molecular flexibility index (Phi) is 3.01. The standard InChI is InChI=1S/C12H17NO3/c1-8-4-5-11(16-8)9-6-13(2)7-10(9)12(14)15-3/h4-5,9-10H,6-7H2,1-3H3/t9-,10+/m0/s1. The molecule has 0 N–H and O–H groups in total. The summed E-state index contributed by atoms with van der Waals surface area (Å²) in [6.45, 7) is 3.49. The summed E-state index contributed by atoms with van der Waals surface area (Å²) in [7, 11) is 3.44. The maximum Gasteiger partial charge on any atom is 0.310 e. The predicted molar refractivity (Wildman–Crippen MR) is 59.2 cm³/mol. The molecule has 1 saturated heterocycles. The zero-order valence-electron chi connectivity index (χ0n) is 9.90. The molecular weight excluding hydrogens is 206 g/mol. The third kappa shape index (κ3) is 1.97. The van der Waals surface area contributed by atoms with E-state index in [1.807, 2.05) is 26.1 Å². The summed E-state index contributed by atoms with van der Waals surface area (Å²) in [5.41, 5.74) is 0. The molecule has 0 aromatic carbocycles. The first-order valence-electron chi connectivity index (χ1n) is 5.44. The number of furan rings is 1. The molecule has 2 heterocycles. The molecule has 1 aliphatic heterocycles. The third-order valence-electron chi connectivity index (χ3n) is 3.13. The zero-order chi connectivity index (χ0) is 11.7. The monoisotopic (exact) mass is 223 g/mol. The lowest BCUT2D eigenvalue weighted by molar-refractivity contribution is -0.145. The van der Waals surface area contributed by atoms with Crippen molar-refractivity contribution in [2.75, 3.05) is 27.2 Å². The third-order valence-corrected chi connectivity index (χ3v) is 3.13. The Labute approximate surface area is 95.2 Å².